The van der Waals surface area contributed by atoms with Crippen molar-refractivity contribution in [2.75, 3.05) is 19.5 Å². The molecule has 2 amide bonds. The zero-order chi connectivity index (χ0) is 20.6. The maximum Gasteiger partial charge on any atom is 0.287 e. The Bertz CT molecular complexity index is 932. The van der Waals surface area contributed by atoms with Gasteiger partial charge in [0.25, 0.3) is 5.91 Å². The number of carbonyl (C=O) groups excluding carboxylic acids is 2. The highest BCUT2D eigenvalue weighted by atomic mass is 16.5. The third kappa shape index (κ3) is 5.38. The topological polar surface area (TPSA) is 89.8 Å². The molecule has 0 aliphatic rings. The molecule has 1 aromatic heterocycles. The van der Waals surface area contributed by atoms with Crippen LogP contribution in [0.4, 0.5) is 5.69 Å². The second kappa shape index (κ2) is 9.45. The van der Waals surface area contributed by atoms with Crippen molar-refractivity contribution in [2.24, 2.45) is 0 Å². The number of ether oxygens (including phenoxy) is 2. The molecule has 150 valence electrons. The number of benzene rings is 2. The Morgan fingerprint density at radius 2 is 1.66 bits per heavy atom. The van der Waals surface area contributed by atoms with Crippen LogP contribution in [0.25, 0.3) is 0 Å². The lowest BCUT2D eigenvalue weighted by Crippen LogP contribution is -2.45. The van der Waals surface area contributed by atoms with E-state index in [1.165, 1.54) is 20.5 Å². The van der Waals surface area contributed by atoms with Gasteiger partial charge in [-0.2, -0.15) is 0 Å². The lowest BCUT2D eigenvalue weighted by atomic mass is 10.0. The van der Waals surface area contributed by atoms with Crippen molar-refractivity contribution in [2.45, 2.75) is 12.5 Å². The van der Waals surface area contributed by atoms with Crippen molar-refractivity contribution in [3.63, 3.8) is 0 Å². The van der Waals surface area contributed by atoms with Crippen LogP contribution in [-0.2, 0) is 11.2 Å². The molecule has 29 heavy (non-hydrogen) atoms. The molecule has 0 aliphatic heterocycles. The van der Waals surface area contributed by atoms with Crippen molar-refractivity contribution in [3.05, 3.63) is 78.3 Å². The van der Waals surface area contributed by atoms with E-state index in [4.69, 9.17) is 13.9 Å². The van der Waals surface area contributed by atoms with Crippen molar-refractivity contribution >= 4 is 17.5 Å². The van der Waals surface area contributed by atoms with E-state index in [1.54, 1.807) is 30.3 Å². The van der Waals surface area contributed by atoms with E-state index in [0.717, 1.165) is 5.56 Å². The molecule has 0 fully saturated rings. The van der Waals surface area contributed by atoms with E-state index < -0.39 is 11.9 Å². The van der Waals surface area contributed by atoms with E-state index >= 15 is 0 Å². The van der Waals surface area contributed by atoms with Crippen LogP contribution >= 0.6 is 0 Å². The van der Waals surface area contributed by atoms with E-state index in [9.17, 15) is 9.59 Å². The molecule has 7 nitrogen and oxygen atoms in total. The molecule has 3 aromatic rings. The van der Waals surface area contributed by atoms with Crippen LogP contribution in [0.1, 0.15) is 16.1 Å². The van der Waals surface area contributed by atoms with Gasteiger partial charge in [-0.1, -0.05) is 30.3 Å². The molecule has 0 saturated heterocycles. The van der Waals surface area contributed by atoms with Crippen LogP contribution in [-0.4, -0.2) is 32.1 Å². The Balaban J connectivity index is 1.80. The maximum absolute atomic E-state index is 13.0. The standard InChI is InChI=1S/C22H22N2O5/c1-27-17-12-16(13-18(14-17)28-2)23-21(25)19(11-15-7-4-3-5-8-15)24-22(26)20-9-6-10-29-20/h3-10,12-14,19H,11H2,1-2H3,(H,23,25)(H,24,26)/t19-/m0/s1. The first-order valence-corrected chi connectivity index (χ1v) is 9.01. The molecular formula is C22H22N2O5. The molecule has 0 saturated carbocycles. The van der Waals surface area contributed by atoms with Crippen LogP contribution in [0.2, 0.25) is 0 Å². The predicted molar refractivity (Wildman–Crippen MR) is 108 cm³/mol. The van der Waals surface area contributed by atoms with Crippen LogP contribution < -0.4 is 20.1 Å². The highest BCUT2D eigenvalue weighted by molar-refractivity contribution is 6.00. The Kier molecular flexibility index (Phi) is 6.52. The van der Waals surface area contributed by atoms with Crippen LogP contribution in [0.3, 0.4) is 0 Å². The number of rotatable bonds is 8. The second-order valence-corrected chi connectivity index (χ2v) is 6.28. The fourth-order valence-electron chi connectivity index (χ4n) is 2.81. The summed E-state index contributed by atoms with van der Waals surface area (Å²) in [6.45, 7) is 0. The largest absolute Gasteiger partial charge is 0.497 e. The summed E-state index contributed by atoms with van der Waals surface area (Å²) in [5.41, 5.74) is 1.41. The molecule has 0 unspecified atom stereocenters. The fourth-order valence-corrected chi connectivity index (χ4v) is 2.81. The van der Waals surface area contributed by atoms with Gasteiger partial charge in [0.2, 0.25) is 5.91 Å². The lowest BCUT2D eigenvalue weighted by Gasteiger charge is -2.19. The minimum Gasteiger partial charge on any atom is -0.497 e. The summed E-state index contributed by atoms with van der Waals surface area (Å²) >= 11 is 0. The first kappa shape index (κ1) is 20.0. The Hall–Kier alpha value is -3.74. The predicted octanol–water partition coefficient (Wildman–Crippen LogP) is 3.28. The molecule has 3 rings (SSSR count). The Labute approximate surface area is 168 Å². The SMILES string of the molecule is COc1cc(NC(=O)[C@H](Cc2ccccc2)NC(=O)c2ccco2)cc(OC)c1. The zero-order valence-corrected chi connectivity index (χ0v) is 16.2. The molecule has 2 N–H and O–H groups in total. The molecule has 1 heterocycles. The summed E-state index contributed by atoms with van der Waals surface area (Å²) in [7, 11) is 3.06. The number of methoxy groups -OCH3 is 2. The van der Waals surface area contributed by atoms with Crippen LogP contribution in [0, 0.1) is 0 Å². The van der Waals surface area contributed by atoms with Gasteiger partial charge in [0.1, 0.15) is 17.5 Å². The van der Waals surface area contributed by atoms with Gasteiger partial charge in [-0.05, 0) is 17.7 Å². The van der Waals surface area contributed by atoms with E-state index in [2.05, 4.69) is 10.6 Å². The van der Waals surface area contributed by atoms with E-state index in [0.29, 0.717) is 23.6 Å². The van der Waals surface area contributed by atoms with Crippen LogP contribution in [0.15, 0.2) is 71.3 Å². The average molecular weight is 394 g/mol. The number of anilines is 1. The van der Waals surface area contributed by atoms with Gasteiger partial charge in [-0.25, -0.2) is 0 Å². The molecule has 0 spiro atoms. The fraction of sp³-hybridized carbons (Fsp3) is 0.182. The molecule has 7 heteroatoms. The first-order valence-electron chi connectivity index (χ1n) is 9.01. The van der Waals surface area contributed by atoms with Gasteiger partial charge >= 0.3 is 0 Å². The monoisotopic (exact) mass is 394 g/mol. The molecule has 0 radical (unpaired) electrons. The third-order valence-electron chi connectivity index (χ3n) is 4.27. The summed E-state index contributed by atoms with van der Waals surface area (Å²) in [6.07, 6.45) is 1.73. The van der Waals surface area contributed by atoms with E-state index in [1.807, 2.05) is 30.3 Å². The number of hydrogen-bond acceptors (Lipinski definition) is 5. The molecule has 2 aromatic carbocycles. The summed E-state index contributed by atoms with van der Waals surface area (Å²) in [5.74, 6) is 0.384. The normalized spacial score (nSPS) is 11.4. The molecule has 0 aliphatic carbocycles. The van der Waals surface area contributed by atoms with Gasteiger partial charge in [-0.3, -0.25) is 9.59 Å². The summed E-state index contributed by atoms with van der Waals surface area (Å²) in [6, 6.07) is 16.8. The summed E-state index contributed by atoms with van der Waals surface area (Å²) in [4.78, 5) is 25.4. The number of hydrogen-bond donors (Lipinski definition) is 2. The molecular weight excluding hydrogens is 372 g/mol. The van der Waals surface area contributed by atoms with Gasteiger partial charge < -0.3 is 24.5 Å². The van der Waals surface area contributed by atoms with Crippen molar-refractivity contribution in [3.8, 4) is 11.5 Å². The van der Waals surface area contributed by atoms with Gasteiger partial charge in [0.05, 0.1) is 20.5 Å². The minimum atomic E-state index is -0.813. The second-order valence-electron chi connectivity index (χ2n) is 6.28. The van der Waals surface area contributed by atoms with Gasteiger partial charge in [-0.15, -0.1) is 0 Å². The first-order chi connectivity index (χ1) is 14.1. The number of furan rings is 1. The maximum atomic E-state index is 13.0. The summed E-state index contributed by atoms with van der Waals surface area (Å²) in [5, 5.41) is 5.56. The Morgan fingerprint density at radius 1 is 0.966 bits per heavy atom. The van der Waals surface area contributed by atoms with Crippen molar-refractivity contribution < 1.29 is 23.5 Å². The summed E-state index contributed by atoms with van der Waals surface area (Å²) < 4.78 is 15.6. The number of nitrogens with one attached hydrogen (secondary N) is 2. The minimum absolute atomic E-state index is 0.138. The van der Waals surface area contributed by atoms with Gasteiger partial charge in [0, 0.05) is 30.3 Å². The highest BCUT2D eigenvalue weighted by Gasteiger charge is 2.23. The quantitative estimate of drug-likeness (QED) is 0.612. The van der Waals surface area contributed by atoms with Crippen molar-refractivity contribution in [1.29, 1.82) is 0 Å². The number of amides is 2. The van der Waals surface area contributed by atoms with E-state index in [-0.39, 0.29) is 11.7 Å². The average Bonchev–Trinajstić information content (AvgIpc) is 3.28. The smallest absolute Gasteiger partial charge is 0.287 e. The van der Waals surface area contributed by atoms with Crippen LogP contribution in [0.5, 0.6) is 11.5 Å². The zero-order valence-electron chi connectivity index (χ0n) is 16.2. The molecule has 1 atom stereocenters. The van der Waals surface area contributed by atoms with Crippen molar-refractivity contribution in [1.82, 2.24) is 5.32 Å². The lowest BCUT2D eigenvalue weighted by molar-refractivity contribution is -0.118. The van der Waals surface area contributed by atoms with Gasteiger partial charge in [0.15, 0.2) is 5.76 Å². The third-order valence-corrected chi connectivity index (χ3v) is 4.27. The Morgan fingerprint density at radius 3 is 2.24 bits per heavy atom. The molecule has 0 bridgehead atoms. The number of carbonyl (C=O) groups is 2. The highest BCUT2D eigenvalue weighted by Crippen LogP contribution is 2.26.